The van der Waals surface area contributed by atoms with E-state index in [9.17, 15) is 0 Å². The molecule has 1 aromatic heterocycles. The Balaban J connectivity index is 1.86. The first-order valence-corrected chi connectivity index (χ1v) is 7.18. The number of aromatic nitrogens is 4. The Labute approximate surface area is 124 Å². The molecule has 2 aromatic rings. The molecule has 0 amide bonds. The zero-order valence-corrected chi connectivity index (χ0v) is 12.9. The van der Waals surface area contributed by atoms with Gasteiger partial charge in [-0.25, -0.2) is 0 Å². The van der Waals surface area contributed by atoms with Crippen molar-refractivity contribution >= 4 is 5.95 Å². The minimum atomic E-state index is -0.267. The molecule has 1 unspecified atom stereocenters. The summed E-state index contributed by atoms with van der Waals surface area (Å²) in [5.74, 6) is 0.639. The van der Waals surface area contributed by atoms with E-state index in [2.05, 4.69) is 48.5 Å². The van der Waals surface area contributed by atoms with Gasteiger partial charge in [0.05, 0.1) is 22.9 Å². The fraction of sp³-hybridized carbons (Fsp3) is 0.533. The van der Waals surface area contributed by atoms with Gasteiger partial charge in [0.25, 0.3) is 0 Å². The fourth-order valence-corrected chi connectivity index (χ4v) is 2.96. The van der Waals surface area contributed by atoms with Crippen LogP contribution in [0, 0.1) is 0 Å². The van der Waals surface area contributed by atoms with Crippen LogP contribution in [0.25, 0.3) is 5.69 Å². The number of ether oxygens (including phenoxy) is 1. The van der Waals surface area contributed by atoms with Crippen molar-refractivity contribution in [2.75, 3.05) is 5.32 Å². The van der Waals surface area contributed by atoms with Gasteiger partial charge in [-0.15, -0.1) is 0 Å². The monoisotopic (exact) mass is 287 g/mol. The van der Waals surface area contributed by atoms with Gasteiger partial charge in [-0.2, -0.15) is 4.68 Å². The molecule has 1 saturated heterocycles. The molecule has 6 nitrogen and oxygen atoms in total. The summed E-state index contributed by atoms with van der Waals surface area (Å²) in [6.07, 6.45) is 0.904. The first kappa shape index (κ1) is 14.0. The van der Waals surface area contributed by atoms with E-state index in [-0.39, 0.29) is 17.2 Å². The third-order valence-corrected chi connectivity index (χ3v) is 3.85. The molecular formula is C15H21N5O. The lowest BCUT2D eigenvalue weighted by molar-refractivity contribution is -0.0663. The summed E-state index contributed by atoms with van der Waals surface area (Å²) < 4.78 is 7.81. The van der Waals surface area contributed by atoms with E-state index in [1.165, 1.54) is 0 Å². The SMILES string of the molecule is CC1(C)CC(Nc2nnnn2-c2ccccc2)C(C)(C)O1. The summed E-state index contributed by atoms with van der Waals surface area (Å²) >= 11 is 0. The molecule has 1 aliphatic heterocycles. The van der Waals surface area contributed by atoms with Crippen LogP contribution in [0.15, 0.2) is 30.3 Å². The lowest BCUT2D eigenvalue weighted by atomic mass is 9.95. The van der Waals surface area contributed by atoms with Gasteiger partial charge in [0.2, 0.25) is 5.95 Å². The van der Waals surface area contributed by atoms with E-state index < -0.39 is 0 Å². The van der Waals surface area contributed by atoms with E-state index in [0.29, 0.717) is 5.95 Å². The quantitative estimate of drug-likeness (QED) is 0.939. The Hall–Kier alpha value is -1.95. The molecule has 0 radical (unpaired) electrons. The lowest BCUT2D eigenvalue weighted by Gasteiger charge is -2.27. The maximum absolute atomic E-state index is 6.10. The minimum absolute atomic E-state index is 0.147. The van der Waals surface area contributed by atoms with E-state index in [1.807, 2.05) is 30.3 Å². The number of anilines is 1. The van der Waals surface area contributed by atoms with Crippen molar-refractivity contribution in [1.29, 1.82) is 0 Å². The van der Waals surface area contributed by atoms with Crippen LogP contribution in [0.5, 0.6) is 0 Å². The normalized spacial score (nSPS) is 23.1. The maximum Gasteiger partial charge on any atom is 0.248 e. The number of hydrogen-bond donors (Lipinski definition) is 1. The molecule has 112 valence electrons. The number of nitrogens with one attached hydrogen (secondary N) is 1. The average Bonchev–Trinajstić information content (AvgIpc) is 2.93. The zero-order valence-electron chi connectivity index (χ0n) is 12.9. The molecule has 3 rings (SSSR count). The van der Waals surface area contributed by atoms with Crippen molar-refractivity contribution in [3.05, 3.63) is 30.3 Å². The van der Waals surface area contributed by atoms with Gasteiger partial charge < -0.3 is 10.1 Å². The van der Waals surface area contributed by atoms with E-state index in [1.54, 1.807) is 4.68 Å². The van der Waals surface area contributed by atoms with Gasteiger partial charge in [-0.1, -0.05) is 23.3 Å². The minimum Gasteiger partial charge on any atom is -0.367 e. The Morgan fingerprint density at radius 1 is 1.19 bits per heavy atom. The fourth-order valence-electron chi connectivity index (χ4n) is 2.96. The van der Waals surface area contributed by atoms with Crippen LogP contribution in [0.4, 0.5) is 5.95 Å². The summed E-state index contributed by atoms with van der Waals surface area (Å²) in [6, 6.07) is 10.0. The third-order valence-electron chi connectivity index (χ3n) is 3.85. The number of rotatable bonds is 3. The van der Waals surface area contributed by atoms with E-state index in [4.69, 9.17) is 4.74 Å². The summed E-state index contributed by atoms with van der Waals surface area (Å²) in [5.41, 5.74) is 0.518. The highest BCUT2D eigenvalue weighted by molar-refractivity contribution is 5.39. The first-order chi connectivity index (χ1) is 9.87. The standard InChI is InChI=1S/C15H21N5O/c1-14(2)10-12(15(3,4)21-14)16-13-17-18-19-20(13)11-8-6-5-7-9-11/h5-9,12H,10H2,1-4H3,(H,16,17,19). The second-order valence-electron chi connectivity index (χ2n) is 6.62. The predicted molar refractivity (Wildman–Crippen MR) is 80.4 cm³/mol. The first-order valence-electron chi connectivity index (χ1n) is 7.18. The van der Waals surface area contributed by atoms with Crippen molar-refractivity contribution < 1.29 is 4.74 Å². The van der Waals surface area contributed by atoms with Crippen molar-refractivity contribution in [3.63, 3.8) is 0 Å². The molecule has 1 aromatic carbocycles. The van der Waals surface area contributed by atoms with Crippen molar-refractivity contribution in [1.82, 2.24) is 20.2 Å². The van der Waals surface area contributed by atoms with Gasteiger partial charge in [0.1, 0.15) is 0 Å². The molecule has 1 atom stereocenters. The highest BCUT2D eigenvalue weighted by atomic mass is 16.5. The molecular weight excluding hydrogens is 266 g/mol. The van der Waals surface area contributed by atoms with Crippen molar-refractivity contribution in [3.8, 4) is 5.69 Å². The Morgan fingerprint density at radius 2 is 1.90 bits per heavy atom. The molecule has 0 bridgehead atoms. The van der Waals surface area contributed by atoms with Gasteiger partial charge in [0, 0.05) is 0 Å². The van der Waals surface area contributed by atoms with Gasteiger partial charge in [0.15, 0.2) is 0 Å². The van der Waals surface area contributed by atoms with Gasteiger partial charge in [-0.3, -0.25) is 0 Å². The number of nitrogens with zero attached hydrogens (tertiary/aromatic N) is 4. The van der Waals surface area contributed by atoms with E-state index in [0.717, 1.165) is 12.1 Å². The van der Waals surface area contributed by atoms with Crippen LogP contribution >= 0.6 is 0 Å². The molecule has 1 N–H and O–H groups in total. The van der Waals surface area contributed by atoms with Crippen LogP contribution in [0.2, 0.25) is 0 Å². The maximum atomic E-state index is 6.10. The highest BCUT2D eigenvalue weighted by Crippen LogP contribution is 2.38. The number of benzene rings is 1. The molecule has 1 aliphatic rings. The molecule has 6 heteroatoms. The second-order valence-corrected chi connectivity index (χ2v) is 6.62. The van der Waals surface area contributed by atoms with Crippen LogP contribution in [-0.2, 0) is 4.74 Å². The lowest BCUT2D eigenvalue weighted by Crippen LogP contribution is -2.38. The van der Waals surface area contributed by atoms with Crippen LogP contribution in [0.1, 0.15) is 34.1 Å². The zero-order chi connectivity index (χ0) is 15.1. The largest absolute Gasteiger partial charge is 0.367 e. The molecule has 0 spiro atoms. The Morgan fingerprint density at radius 3 is 2.52 bits per heavy atom. The van der Waals surface area contributed by atoms with Gasteiger partial charge in [-0.05, 0) is 56.7 Å². The Kier molecular flexibility index (Phi) is 3.20. The smallest absolute Gasteiger partial charge is 0.248 e. The topological polar surface area (TPSA) is 64.9 Å². The molecule has 2 heterocycles. The van der Waals surface area contributed by atoms with Crippen molar-refractivity contribution in [2.45, 2.75) is 51.4 Å². The predicted octanol–water partition coefficient (Wildman–Crippen LogP) is 2.42. The molecule has 1 fully saturated rings. The summed E-state index contributed by atoms with van der Waals surface area (Å²) in [5, 5.41) is 15.4. The molecule has 21 heavy (non-hydrogen) atoms. The number of para-hydroxylation sites is 1. The van der Waals surface area contributed by atoms with Crippen molar-refractivity contribution in [2.24, 2.45) is 0 Å². The van der Waals surface area contributed by atoms with Crippen LogP contribution in [-0.4, -0.2) is 37.5 Å². The Bertz CT molecular complexity index is 620. The number of hydrogen-bond acceptors (Lipinski definition) is 5. The summed E-state index contributed by atoms with van der Waals surface area (Å²) in [6.45, 7) is 8.40. The van der Waals surface area contributed by atoms with Crippen LogP contribution < -0.4 is 5.32 Å². The molecule has 0 saturated carbocycles. The summed E-state index contributed by atoms with van der Waals surface area (Å²) in [4.78, 5) is 0. The van der Waals surface area contributed by atoms with Gasteiger partial charge >= 0.3 is 0 Å². The summed E-state index contributed by atoms with van der Waals surface area (Å²) in [7, 11) is 0. The third kappa shape index (κ3) is 2.76. The highest BCUT2D eigenvalue weighted by Gasteiger charge is 2.46. The second kappa shape index (κ2) is 4.80. The number of tetrazole rings is 1. The van der Waals surface area contributed by atoms with E-state index >= 15 is 0 Å². The molecule has 0 aliphatic carbocycles. The van der Waals surface area contributed by atoms with Crippen LogP contribution in [0.3, 0.4) is 0 Å². The average molecular weight is 287 g/mol.